The second-order valence-electron chi connectivity index (χ2n) is 5.82. The number of hydrogen-bond acceptors (Lipinski definition) is 3. The number of fused-ring (bicyclic) bond motifs is 1. The van der Waals surface area contributed by atoms with Gasteiger partial charge in [0.15, 0.2) is 0 Å². The lowest BCUT2D eigenvalue weighted by Gasteiger charge is -2.19. The summed E-state index contributed by atoms with van der Waals surface area (Å²) < 4.78 is 7.18. The van der Waals surface area contributed by atoms with Gasteiger partial charge in [-0.15, -0.1) is 0 Å². The van der Waals surface area contributed by atoms with E-state index < -0.39 is 5.60 Å². The Morgan fingerprint density at radius 1 is 1.37 bits per heavy atom. The summed E-state index contributed by atoms with van der Waals surface area (Å²) in [6.45, 7) is 7.59. The molecule has 0 bridgehead atoms. The van der Waals surface area contributed by atoms with E-state index in [1.54, 1.807) is 0 Å². The molecule has 0 aliphatic rings. The minimum atomic E-state index is -0.439. The molecule has 0 fully saturated rings. The average Bonchev–Trinajstić information content (AvgIpc) is 2.51. The van der Waals surface area contributed by atoms with Crippen molar-refractivity contribution in [3.8, 4) is 0 Å². The third-order valence-corrected chi connectivity index (χ3v) is 2.87. The van der Waals surface area contributed by atoms with Crippen LogP contribution >= 0.6 is 0 Å². The second-order valence-corrected chi connectivity index (χ2v) is 5.82. The average molecular weight is 260 g/mol. The summed E-state index contributed by atoms with van der Waals surface area (Å²) in [5.41, 5.74) is 2.57. The summed E-state index contributed by atoms with van der Waals surface area (Å²) in [6.07, 6.45) is 0.293. The van der Waals surface area contributed by atoms with Gasteiger partial charge in [-0.05, 0) is 45.4 Å². The fourth-order valence-electron chi connectivity index (χ4n) is 2.14. The van der Waals surface area contributed by atoms with Crippen molar-refractivity contribution in [3.63, 3.8) is 0 Å². The third kappa shape index (κ3) is 3.13. The fourth-order valence-corrected chi connectivity index (χ4v) is 2.14. The predicted molar refractivity (Wildman–Crippen MR) is 75.0 cm³/mol. The number of nitrogens with zero attached hydrogens (tertiary/aromatic N) is 2. The quantitative estimate of drug-likeness (QED) is 0.780. The Kier molecular flexibility index (Phi) is 3.35. The van der Waals surface area contributed by atoms with Crippen LogP contribution in [0.15, 0.2) is 18.2 Å². The van der Waals surface area contributed by atoms with Gasteiger partial charge in [-0.1, -0.05) is 6.07 Å². The van der Waals surface area contributed by atoms with E-state index in [9.17, 15) is 4.79 Å². The van der Waals surface area contributed by atoms with Crippen molar-refractivity contribution >= 4 is 16.9 Å². The van der Waals surface area contributed by atoms with Crippen molar-refractivity contribution in [2.45, 2.75) is 39.7 Å². The van der Waals surface area contributed by atoms with Crippen LogP contribution in [0.2, 0.25) is 0 Å². The maximum absolute atomic E-state index is 11.8. The van der Waals surface area contributed by atoms with Gasteiger partial charge in [0, 0.05) is 12.4 Å². The summed E-state index contributed by atoms with van der Waals surface area (Å²) in [6, 6.07) is 5.96. The standard InChI is InChI=1S/C15H20N2O2/c1-10-12-8-11(6-7-13(12)17(5)16-10)9-14(18)19-15(2,3)4/h6-8H,9H2,1-5H3. The van der Waals surface area contributed by atoms with Gasteiger partial charge in [-0.3, -0.25) is 9.48 Å². The zero-order chi connectivity index (χ0) is 14.2. The van der Waals surface area contributed by atoms with E-state index in [1.165, 1.54) is 0 Å². The van der Waals surface area contributed by atoms with Crippen molar-refractivity contribution in [1.29, 1.82) is 0 Å². The Bertz CT molecular complexity index is 621. The topological polar surface area (TPSA) is 44.1 Å². The lowest BCUT2D eigenvalue weighted by Crippen LogP contribution is -2.24. The largest absolute Gasteiger partial charge is 0.460 e. The van der Waals surface area contributed by atoms with E-state index in [1.807, 2.05) is 57.6 Å². The van der Waals surface area contributed by atoms with Gasteiger partial charge in [-0.2, -0.15) is 5.10 Å². The molecule has 2 rings (SSSR count). The van der Waals surface area contributed by atoms with E-state index in [-0.39, 0.29) is 5.97 Å². The van der Waals surface area contributed by atoms with Gasteiger partial charge in [-0.25, -0.2) is 0 Å². The third-order valence-electron chi connectivity index (χ3n) is 2.87. The predicted octanol–water partition coefficient (Wildman–Crippen LogP) is 2.77. The van der Waals surface area contributed by atoms with Crippen LogP contribution in [0.3, 0.4) is 0 Å². The van der Waals surface area contributed by atoms with Crippen LogP contribution in [-0.2, 0) is 23.0 Å². The Morgan fingerprint density at radius 2 is 2.05 bits per heavy atom. The lowest BCUT2D eigenvalue weighted by atomic mass is 10.1. The normalized spacial score (nSPS) is 11.8. The maximum atomic E-state index is 11.8. The molecule has 1 aromatic heterocycles. The van der Waals surface area contributed by atoms with Gasteiger partial charge in [0.05, 0.1) is 17.6 Å². The van der Waals surface area contributed by atoms with Gasteiger partial charge in [0.2, 0.25) is 0 Å². The van der Waals surface area contributed by atoms with Crippen LogP contribution in [0.4, 0.5) is 0 Å². The van der Waals surface area contributed by atoms with Crippen molar-refractivity contribution in [3.05, 3.63) is 29.5 Å². The molecule has 0 saturated carbocycles. The SMILES string of the molecule is Cc1nn(C)c2ccc(CC(=O)OC(C)(C)C)cc12. The molecule has 1 aromatic carbocycles. The summed E-state index contributed by atoms with van der Waals surface area (Å²) >= 11 is 0. The highest BCUT2D eigenvalue weighted by atomic mass is 16.6. The second kappa shape index (κ2) is 4.68. The van der Waals surface area contributed by atoms with Gasteiger partial charge in [0.25, 0.3) is 0 Å². The van der Waals surface area contributed by atoms with Gasteiger partial charge in [0.1, 0.15) is 5.60 Å². The van der Waals surface area contributed by atoms with Crippen LogP contribution < -0.4 is 0 Å². The first-order chi connectivity index (χ1) is 8.76. The minimum Gasteiger partial charge on any atom is -0.460 e. The first kappa shape index (κ1) is 13.6. The molecule has 0 amide bonds. The molecule has 4 nitrogen and oxygen atoms in total. The number of aryl methyl sites for hydroxylation is 2. The highest BCUT2D eigenvalue weighted by molar-refractivity contribution is 5.84. The molecule has 0 atom stereocenters. The van der Waals surface area contributed by atoms with E-state index in [4.69, 9.17) is 4.74 Å². The van der Waals surface area contributed by atoms with Crippen molar-refractivity contribution in [2.75, 3.05) is 0 Å². The van der Waals surface area contributed by atoms with Gasteiger partial charge < -0.3 is 4.74 Å². The number of carbonyl (C=O) groups is 1. The van der Waals surface area contributed by atoms with Crippen LogP contribution in [0.5, 0.6) is 0 Å². The zero-order valence-corrected chi connectivity index (χ0v) is 12.2. The Labute approximate surface area is 113 Å². The molecule has 0 saturated heterocycles. The molecule has 1 heterocycles. The molecule has 0 aliphatic carbocycles. The van der Waals surface area contributed by atoms with Crippen molar-refractivity contribution < 1.29 is 9.53 Å². The van der Waals surface area contributed by atoms with Crippen molar-refractivity contribution in [1.82, 2.24) is 9.78 Å². The Morgan fingerprint density at radius 3 is 2.68 bits per heavy atom. The summed E-state index contributed by atoms with van der Waals surface area (Å²) in [7, 11) is 1.92. The summed E-state index contributed by atoms with van der Waals surface area (Å²) in [4.78, 5) is 11.8. The molecule has 102 valence electrons. The van der Waals surface area contributed by atoms with Crippen LogP contribution in [0.25, 0.3) is 10.9 Å². The van der Waals surface area contributed by atoms with Crippen LogP contribution in [-0.4, -0.2) is 21.4 Å². The smallest absolute Gasteiger partial charge is 0.310 e. The lowest BCUT2D eigenvalue weighted by molar-refractivity contribution is -0.153. The molecule has 2 aromatic rings. The molecule has 0 radical (unpaired) electrons. The number of benzene rings is 1. The summed E-state index contributed by atoms with van der Waals surface area (Å²) in [5, 5.41) is 5.46. The van der Waals surface area contributed by atoms with E-state index in [0.29, 0.717) is 6.42 Å². The van der Waals surface area contributed by atoms with Crippen LogP contribution in [0.1, 0.15) is 32.0 Å². The number of rotatable bonds is 2. The molecule has 0 aliphatic heterocycles. The van der Waals surface area contributed by atoms with E-state index >= 15 is 0 Å². The fraction of sp³-hybridized carbons (Fsp3) is 0.467. The van der Waals surface area contributed by atoms with Crippen LogP contribution in [0, 0.1) is 6.92 Å². The van der Waals surface area contributed by atoms with E-state index in [0.717, 1.165) is 22.2 Å². The summed E-state index contributed by atoms with van der Waals surface area (Å²) in [5.74, 6) is -0.201. The molecule has 4 heteroatoms. The highest BCUT2D eigenvalue weighted by Crippen LogP contribution is 2.20. The highest BCUT2D eigenvalue weighted by Gasteiger charge is 2.17. The van der Waals surface area contributed by atoms with Crippen molar-refractivity contribution in [2.24, 2.45) is 7.05 Å². The molecule has 0 N–H and O–H groups in total. The van der Waals surface area contributed by atoms with Gasteiger partial charge >= 0.3 is 5.97 Å². The molecule has 0 unspecified atom stereocenters. The molecular weight excluding hydrogens is 240 g/mol. The zero-order valence-electron chi connectivity index (χ0n) is 12.2. The molecule has 0 spiro atoms. The molecular formula is C15H20N2O2. The number of aromatic nitrogens is 2. The number of hydrogen-bond donors (Lipinski definition) is 0. The number of esters is 1. The Balaban J connectivity index is 2.22. The number of carbonyl (C=O) groups excluding carboxylic acids is 1. The minimum absolute atomic E-state index is 0.201. The maximum Gasteiger partial charge on any atom is 0.310 e. The first-order valence-electron chi connectivity index (χ1n) is 6.40. The first-order valence-corrected chi connectivity index (χ1v) is 6.40. The van der Waals surface area contributed by atoms with E-state index in [2.05, 4.69) is 5.10 Å². The molecule has 19 heavy (non-hydrogen) atoms. The number of ether oxygens (including phenoxy) is 1. The Hall–Kier alpha value is -1.84. The monoisotopic (exact) mass is 260 g/mol.